The Hall–Kier alpha value is -4.82. The van der Waals surface area contributed by atoms with Gasteiger partial charge in [0.2, 0.25) is 0 Å². The highest BCUT2D eigenvalue weighted by molar-refractivity contribution is 5.89. The van der Waals surface area contributed by atoms with Crippen LogP contribution < -0.4 is 10.2 Å². The summed E-state index contributed by atoms with van der Waals surface area (Å²) < 4.78 is 0. The Labute approximate surface area is 230 Å². The van der Waals surface area contributed by atoms with Crippen LogP contribution in [-0.4, -0.2) is 5.54 Å². The van der Waals surface area contributed by atoms with E-state index >= 15 is 0 Å². The predicted molar refractivity (Wildman–Crippen MR) is 165 cm³/mol. The minimum Gasteiger partial charge on any atom is -0.356 e. The molecule has 5 aromatic rings. The number of rotatable bonds is 5. The Balaban J connectivity index is 1.26. The standard InChI is InChI=1S/C37H30N2/c1-37-25-24-29(27-20-22-31(23-21-27)38-30-14-6-3-7-15-30)26-34(37)33-17-9-11-19-36(33)39(37)35-18-10-8-16-32(35)28-12-4-2-5-13-28/h2-26,34,38H,1H3. The van der Waals surface area contributed by atoms with E-state index in [4.69, 9.17) is 0 Å². The lowest BCUT2D eigenvalue weighted by atomic mass is 9.77. The van der Waals surface area contributed by atoms with Gasteiger partial charge in [-0.25, -0.2) is 0 Å². The molecule has 5 aromatic carbocycles. The van der Waals surface area contributed by atoms with Gasteiger partial charge in [-0.1, -0.05) is 115 Å². The molecule has 2 aliphatic rings. The lowest BCUT2D eigenvalue weighted by molar-refractivity contribution is 0.544. The van der Waals surface area contributed by atoms with Gasteiger partial charge in [0.15, 0.2) is 0 Å². The van der Waals surface area contributed by atoms with E-state index in [9.17, 15) is 0 Å². The Morgan fingerprint density at radius 2 is 1.21 bits per heavy atom. The first-order valence-corrected chi connectivity index (χ1v) is 13.6. The number of nitrogens with one attached hydrogen (secondary N) is 1. The SMILES string of the molecule is CC12C=CC(c3ccc(Nc4ccccc4)cc3)=CC1c1ccccc1N2c1ccccc1-c1ccccc1. The summed E-state index contributed by atoms with van der Waals surface area (Å²) in [5.41, 5.74) is 10.8. The van der Waals surface area contributed by atoms with Gasteiger partial charge < -0.3 is 10.2 Å². The molecule has 0 fully saturated rings. The van der Waals surface area contributed by atoms with Crippen LogP contribution in [0.3, 0.4) is 0 Å². The van der Waals surface area contributed by atoms with Crippen molar-refractivity contribution in [3.8, 4) is 11.1 Å². The van der Waals surface area contributed by atoms with E-state index in [1.54, 1.807) is 0 Å². The second-order valence-corrected chi connectivity index (χ2v) is 10.5. The van der Waals surface area contributed by atoms with Crippen molar-refractivity contribution in [3.05, 3.63) is 163 Å². The summed E-state index contributed by atoms with van der Waals surface area (Å²) in [7, 11) is 0. The molecule has 1 aliphatic heterocycles. The van der Waals surface area contributed by atoms with Crippen LogP contribution in [0, 0.1) is 0 Å². The zero-order valence-electron chi connectivity index (χ0n) is 22.0. The number of para-hydroxylation sites is 3. The minimum atomic E-state index is -0.215. The van der Waals surface area contributed by atoms with Crippen LogP contribution in [-0.2, 0) is 0 Å². The summed E-state index contributed by atoms with van der Waals surface area (Å²) in [6.07, 6.45) is 7.18. The first-order valence-electron chi connectivity index (χ1n) is 13.6. The molecule has 0 radical (unpaired) electrons. The molecule has 2 nitrogen and oxygen atoms in total. The van der Waals surface area contributed by atoms with Crippen LogP contribution in [0.1, 0.15) is 24.0 Å². The summed E-state index contributed by atoms with van der Waals surface area (Å²) in [6.45, 7) is 2.37. The number of allylic oxidation sites excluding steroid dienone is 2. The molecule has 1 N–H and O–H groups in total. The fourth-order valence-corrected chi connectivity index (χ4v) is 6.14. The number of benzene rings is 5. The second-order valence-electron chi connectivity index (χ2n) is 10.5. The lowest BCUT2D eigenvalue weighted by Gasteiger charge is -2.41. The fourth-order valence-electron chi connectivity index (χ4n) is 6.14. The summed E-state index contributed by atoms with van der Waals surface area (Å²) in [5, 5.41) is 3.49. The van der Waals surface area contributed by atoms with Gasteiger partial charge in [0.05, 0.1) is 5.54 Å². The van der Waals surface area contributed by atoms with Crippen LogP contribution in [0.25, 0.3) is 16.7 Å². The number of nitrogens with zero attached hydrogens (tertiary/aromatic N) is 1. The third-order valence-electron chi connectivity index (χ3n) is 8.08. The molecule has 2 heteroatoms. The second kappa shape index (κ2) is 9.49. The van der Waals surface area contributed by atoms with E-state index < -0.39 is 0 Å². The maximum atomic E-state index is 3.49. The number of fused-ring (bicyclic) bond motifs is 3. The molecule has 2 atom stereocenters. The molecular formula is C37H30N2. The molecule has 0 aromatic heterocycles. The molecule has 1 aliphatic carbocycles. The molecule has 0 bridgehead atoms. The molecule has 39 heavy (non-hydrogen) atoms. The summed E-state index contributed by atoms with van der Waals surface area (Å²) in [4.78, 5) is 2.55. The normalized spacial score (nSPS) is 19.3. The Morgan fingerprint density at radius 1 is 0.590 bits per heavy atom. The number of hydrogen-bond donors (Lipinski definition) is 1. The fraction of sp³-hybridized carbons (Fsp3) is 0.0811. The maximum Gasteiger partial charge on any atom is 0.0713 e. The molecule has 0 amide bonds. The van der Waals surface area contributed by atoms with E-state index in [2.05, 4.69) is 151 Å². The van der Waals surface area contributed by atoms with Crippen LogP contribution in [0.4, 0.5) is 22.7 Å². The van der Waals surface area contributed by atoms with Crippen LogP contribution in [0.5, 0.6) is 0 Å². The van der Waals surface area contributed by atoms with Crippen molar-refractivity contribution < 1.29 is 0 Å². The van der Waals surface area contributed by atoms with Crippen molar-refractivity contribution in [2.75, 3.05) is 10.2 Å². The Bertz CT molecular complexity index is 1680. The monoisotopic (exact) mass is 502 g/mol. The Morgan fingerprint density at radius 3 is 1.97 bits per heavy atom. The molecule has 0 spiro atoms. The van der Waals surface area contributed by atoms with E-state index in [1.807, 2.05) is 18.2 Å². The van der Waals surface area contributed by atoms with Gasteiger partial charge in [0.25, 0.3) is 0 Å². The minimum absolute atomic E-state index is 0.215. The van der Waals surface area contributed by atoms with Crippen molar-refractivity contribution in [2.24, 2.45) is 0 Å². The number of hydrogen-bond acceptors (Lipinski definition) is 2. The Kier molecular flexibility index (Phi) is 5.67. The van der Waals surface area contributed by atoms with Gasteiger partial charge >= 0.3 is 0 Å². The van der Waals surface area contributed by atoms with Gasteiger partial charge in [-0.3, -0.25) is 0 Å². The first-order chi connectivity index (χ1) is 19.2. The van der Waals surface area contributed by atoms with E-state index in [0.717, 1.165) is 11.4 Å². The summed E-state index contributed by atoms with van der Waals surface area (Å²) in [6, 6.07) is 47.4. The zero-order valence-corrected chi connectivity index (χ0v) is 22.0. The highest BCUT2D eigenvalue weighted by Gasteiger charge is 2.48. The van der Waals surface area contributed by atoms with Gasteiger partial charge in [-0.15, -0.1) is 0 Å². The van der Waals surface area contributed by atoms with Gasteiger partial charge in [0, 0.05) is 34.2 Å². The van der Waals surface area contributed by atoms with Crippen molar-refractivity contribution in [3.63, 3.8) is 0 Å². The highest BCUT2D eigenvalue weighted by atomic mass is 15.2. The quantitative estimate of drug-likeness (QED) is 0.257. The third-order valence-corrected chi connectivity index (χ3v) is 8.08. The lowest BCUT2D eigenvalue weighted by Crippen LogP contribution is -2.42. The van der Waals surface area contributed by atoms with Crippen molar-refractivity contribution in [1.29, 1.82) is 0 Å². The van der Waals surface area contributed by atoms with Crippen molar-refractivity contribution in [2.45, 2.75) is 18.4 Å². The first kappa shape index (κ1) is 23.3. The number of anilines is 4. The van der Waals surface area contributed by atoms with Crippen LogP contribution >= 0.6 is 0 Å². The summed E-state index contributed by atoms with van der Waals surface area (Å²) in [5.74, 6) is 0.236. The van der Waals surface area contributed by atoms with Crippen LogP contribution in [0.15, 0.2) is 152 Å². The van der Waals surface area contributed by atoms with E-state index in [0.29, 0.717) is 0 Å². The van der Waals surface area contributed by atoms with Crippen molar-refractivity contribution in [1.82, 2.24) is 0 Å². The van der Waals surface area contributed by atoms with Crippen molar-refractivity contribution >= 4 is 28.3 Å². The maximum absolute atomic E-state index is 3.49. The average molecular weight is 503 g/mol. The van der Waals surface area contributed by atoms with E-state index in [-0.39, 0.29) is 11.5 Å². The third kappa shape index (κ3) is 4.06. The molecular weight excluding hydrogens is 472 g/mol. The molecule has 0 saturated carbocycles. The molecule has 2 unspecified atom stereocenters. The largest absolute Gasteiger partial charge is 0.356 e. The summed E-state index contributed by atoms with van der Waals surface area (Å²) >= 11 is 0. The van der Waals surface area contributed by atoms with Crippen LogP contribution in [0.2, 0.25) is 0 Å². The molecule has 7 rings (SSSR count). The van der Waals surface area contributed by atoms with E-state index in [1.165, 1.54) is 39.2 Å². The van der Waals surface area contributed by atoms with Gasteiger partial charge in [-0.2, -0.15) is 0 Å². The molecule has 0 saturated heterocycles. The predicted octanol–water partition coefficient (Wildman–Crippen LogP) is 9.74. The average Bonchev–Trinajstić information content (AvgIpc) is 3.26. The highest BCUT2D eigenvalue weighted by Crippen LogP contribution is 2.56. The molecule has 1 heterocycles. The van der Waals surface area contributed by atoms with Gasteiger partial charge in [0.1, 0.15) is 0 Å². The zero-order chi connectivity index (χ0) is 26.2. The molecule has 188 valence electrons. The van der Waals surface area contributed by atoms with Gasteiger partial charge in [-0.05, 0) is 65.6 Å². The topological polar surface area (TPSA) is 15.3 Å². The smallest absolute Gasteiger partial charge is 0.0713 e.